The molecule has 1 saturated heterocycles. The molecule has 2 aliphatic rings. The molecule has 6 rings (SSSR count). The molecule has 4 aromatic rings. The van der Waals surface area contributed by atoms with Crippen LogP contribution in [0.4, 0.5) is 0 Å². The lowest BCUT2D eigenvalue weighted by Crippen LogP contribution is -2.45. The zero-order chi connectivity index (χ0) is 34.7. The molecule has 2 heterocycles. The summed E-state index contributed by atoms with van der Waals surface area (Å²) in [5.74, 6) is 0.602. The molecule has 0 bridgehead atoms. The molecule has 10 nitrogen and oxygen atoms in total. The van der Waals surface area contributed by atoms with Crippen molar-refractivity contribution in [3.63, 3.8) is 0 Å². The lowest BCUT2D eigenvalue weighted by molar-refractivity contribution is -0.130. The largest absolute Gasteiger partial charge is 0.419 e. The lowest BCUT2D eigenvalue weighted by Gasteiger charge is -2.36. The maximum Gasteiger partial charge on any atom is 0.251 e. The summed E-state index contributed by atoms with van der Waals surface area (Å²) >= 11 is 0. The molecule has 252 valence electrons. The summed E-state index contributed by atoms with van der Waals surface area (Å²) in [6, 6.07) is 21.9. The maximum absolute atomic E-state index is 13.3. The van der Waals surface area contributed by atoms with E-state index in [4.69, 9.17) is 9.52 Å². The van der Waals surface area contributed by atoms with E-state index in [2.05, 4.69) is 58.8 Å². The molecule has 1 aliphatic heterocycles. The summed E-state index contributed by atoms with van der Waals surface area (Å²) in [4.78, 5) is 27.8. The number of fused-ring (bicyclic) bond motifs is 2. The first-order valence-corrected chi connectivity index (χ1v) is 16.9. The molecule has 1 fully saturated rings. The molecule has 49 heavy (non-hydrogen) atoms. The first kappa shape index (κ1) is 33.6. The Balaban J connectivity index is 1.50. The van der Waals surface area contributed by atoms with Crippen molar-refractivity contribution in [2.24, 2.45) is 0 Å². The molecule has 1 unspecified atom stereocenters. The van der Waals surface area contributed by atoms with Gasteiger partial charge in [-0.3, -0.25) is 9.59 Å². The summed E-state index contributed by atoms with van der Waals surface area (Å²) in [7, 11) is 3.49. The fourth-order valence-electron chi connectivity index (χ4n) is 7.31. The number of carbonyl (C=O) groups excluding carboxylic acids is 2. The Kier molecular flexibility index (Phi) is 9.65. The molecule has 0 spiro atoms. The molecule has 3 atom stereocenters. The number of rotatable bonds is 10. The van der Waals surface area contributed by atoms with E-state index in [9.17, 15) is 14.9 Å². The van der Waals surface area contributed by atoms with Crippen LogP contribution in [0.2, 0.25) is 0 Å². The van der Waals surface area contributed by atoms with Gasteiger partial charge < -0.3 is 25.3 Å². The zero-order valence-corrected chi connectivity index (χ0v) is 28.6. The van der Waals surface area contributed by atoms with Crippen LogP contribution in [0.1, 0.15) is 75.8 Å². The van der Waals surface area contributed by atoms with E-state index in [1.807, 2.05) is 56.4 Å². The Hall–Kier alpha value is -5.27. The van der Waals surface area contributed by atoms with E-state index in [1.54, 1.807) is 11.9 Å². The number of carbonyl (C=O) groups is 2. The van der Waals surface area contributed by atoms with Crippen LogP contribution in [-0.2, 0) is 23.1 Å². The van der Waals surface area contributed by atoms with Gasteiger partial charge in [0.2, 0.25) is 17.7 Å². The average Bonchev–Trinajstić information content (AvgIpc) is 3.80. The topological polar surface area (TPSA) is 136 Å². The Morgan fingerprint density at radius 3 is 2.35 bits per heavy atom. The first-order valence-electron chi connectivity index (χ1n) is 16.9. The number of hydrogen-bond acceptors (Lipinski definition) is 8. The zero-order valence-electron chi connectivity index (χ0n) is 28.6. The van der Waals surface area contributed by atoms with E-state index in [0.717, 1.165) is 57.5 Å². The minimum atomic E-state index is -0.934. The fraction of sp³-hybridized carbons (Fsp3) is 0.359. The van der Waals surface area contributed by atoms with Gasteiger partial charge in [0.05, 0.1) is 12.6 Å². The highest BCUT2D eigenvalue weighted by molar-refractivity contribution is 5.94. The summed E-state index contributed by atoms with van der Waals surface area (Å²) in [6.45, 7) is 8.98. The first-order chi connectivity index (χ1) is 23.7. The standard InChI is InChI=1S/C39H43N7O3/c1-24-8-10-27(11-9-24)37-44-45-38(49-37)39(21-25(2)43-23-35(47)46-18-6-7-32(46)22-40)33-16-14-28(26(3)41-4)19-29(33)12-13-30-20-31(36(48)42-5)15-17-34(30)39/h8-11,14-17,19-20,25,32,41,43H,3,6-7,12-13,18,21,23H2,1-2,4-5H3,(H,42,48)/t25-,32?,39+/m0/s1. The summed E-state index contributed by atoms with van der Waals surface area (Å²) < 4.78 is 6.69. The minimum Gasteiger partial charge on any atom is -0.419 e. The molecule has 2 amide bonds. The molecule has 3 N–H and O–H groups in total. The van der Waals surface area contributed by atoms with Crippen LogP contribution in [0.25, 0.3) is 17.2 Å². The highest BCUT2D eigenvalue weighted by Crippen LogP contribution is 2.48. The Morgan fingerprint density at radius 2 is 1.69 bits per heavy atom. The molecule has 10 heteroatoms. The van der Waals surface area contributed by atoms with Crippen LogP contribution in [0.5, 0.6) is 0 Å². The van der Waals surface area contributed by atoms with E-state index < -0.39 is 5.41 Å². The number of amides is 2. The van der Waals surface area contributed by atoms with E-state index in [-0.39, 0.29) is 30.4 Å². The molecule has 1 aromatic heterocycles. The predicted molar refractivity (Wildman–Crippen MR) is 189 cm³/mol. The van der Waals surface area contributed by atoms with Crippen molar-refractivity contribution in [3.05, 3.63) is 112 Å². The van der Waals surface area contributed by atoms with E-state index in [0.29, 0.717) is 43.2 Å². The molecular weight excluding hydrogens is 614 g/mol. The third kappa shape index (κ3) is 6.46. The van der Waals surface area contributed by atoms with Gasteiger partial charge >= 0.3 is 0 Å². The van der Waals surface area contributed by atoms with Gasteiger partial charge in [-0.2, -0.15) is 5.26 Å². The average molecular weight is 658 g/mol. The van der Waals surface area contributed by atoms with Crippen molar-refractivity contribution >= 4 is 17.5 Å². The van der Waals surface area contributed by atoms with E-state index in [1.165, 1.54) is 0 Å². The van der Waals surface area contributed by atoms with Crippen molar-refractivity contribution in [1.29, 1.82) is 5.26 Å². The lowest BCUT2D eigenvalue weighted by atomic mass is 9.68. The predicted octanol–water partition coefficient (Wildman–Crippen LogP) is 4.91. The van der Waals surface area contributed by atoms with E-state index >= 15 is 0 Å². The van der Waals surface area contributed by atoms with Gasteiger partial charge in [-0.05, 0) is 104 Å². The number of aromatic nitrogens is 2. The van der Waals surface area contributed by atoms with Gasteiger partial charge in [-0.15, -0.1) is 10.2 Å². The number of likely N-dealkylation sites (tertiary alicyclic amines) is 1. The number of benzene rings is 3. The van der Waals surface area contributed by atoms with Crippen molar-refractivity contribution in [2.75, 3.05) is 27.2 Å². The quantitative estimate of drug-likeness (QED) is 0.219. The van der Waals surface area contributed by atoms with Crippen molar-refractivity contribution in [1.82, 2.24) is 31.0 Å². The molecular formula is C39H43N7O3. The number of nitrogens with one attached hydrogen (secondary N) is 3. The molecule has 0 saturated carbocycles. The Morgan fingerprint density at radius 1 is 1.02 bits per heavy atom. The van der Waals surface area contributed by atoms with Crippen LogP contribution < -0.4 is 16.0 Å². The van der Waals surface area contributed by atoms with Crippen LogP contribution in [0.3, 0.4) is 0 Å². The highest BCUT2D eigenvalue weighted by atomic mass is 16.4. The van der Waals surface area contributed by atoms with Crippen molar-refractivity contribution in [3.8, 4) is 17.5 Å². The van der Waals surface area contributed by atoms with Gasteiger partial charge in [0, 0.05) is 43.5 Å². The maximum atomic E-state index is 13.3. The Labute approximate surface area is 287 Å². The number of aryl methyl sites for hydroxylation is 3. The summed E-state index contributed by atoms with van der Waals surface area (Å²) in [5, 5.41) is 28.3. The van der Waals surface area contributed by atoms with Crippen LogP contribution >= 0.6 is 0 Å². The molecule has 1 aliphatic carbocycles. The number of hydrogen-bond donors (Lipinski definition) is 3. The van der Waals surface area contributed by atoms with Gasteiger partial charge in [0.1, 0.15) is 11.5 Å². The number of nitriles is 1. The minimum absolute atomic E-state index is 0.0866. The fourth-order valence-corrected chi connectivity index (χ4v) is 7.31. The molecule has 0 radical (unpaired) electrons. The van der Waals surface area contributed by atoms with Gasteiger partial charge in [-0.1, -0.05) is 42.5 Å². The molecule has 3 aromatic carbocycles. The SMILES string of the molecule is C=C(NC)c1ccc2c(c1)CCc1cc(C(=O)NC)ccc1[C@]2(C[C@H](C)NCC(=O)N1CCCC1C#N)c1nnc(-c2ccc(C)cc2)o1. The number of nitrogens with zero attached hydrogens (tertiary/aromatic N) is 4. The second kappa shape index (κ2) is 14.1. The summed E-state index contributed by atoms with van der Waals surface area (Å²) in [5.41, 5.74) is 7.49. The summed E-state index contributed by atoms with van der Waals surface area (Å²) in [6.07, 6.45) is 3.42. The third-order valence-corrected chi connectivity index (χ3v) is 9.96. The highest BCUT2D eigenvalue weighted by Gasteiger charge is 2.47. The van der Waals surface area contributed by atoms with Gasteiger partial charge in [0.15, 0.2) is 0 Å². The second-order valence-corrected chi connectivity index (χ2v) is 13.1. The van der Waals surface area contributed by atoms with Crippen LogP contribution in [0.15, 0.2) is 71.7 Å². The van der Waals surface area contributed by atoms with Crippen LogP contribution in [0, 0.1) is 18.3 Å². The van der Waals surface area contributed by atoms with Gasteiger partial charge in [0.25, 0.3) is 5.91 Å². The van der Waals surface area contributed by atoms with Crippen LogP contribution in [-0.4, -0.2) is 66.2 Å². The van der Waals surface area contributed by atoms with Crippen molar-refractivity contribution in [2.45, 2.75) is 63.5 Å². The third-order valence-electron chi connectivity index (χ3n) is 9.96. The monoisotopic (exact) mass is 657 g/mol. The smallest absolute Gasteiger partial charge is 0.251 e. The normalized spacial score (nSPS) is 18.8. The van der Waals surface area contributed by atoms with Gasteiger partial charge in [-0.25, -0.2) is 0 Å². The Bertz CT molecular complexity index is 1860. The second-order valence-electron chi connectivity index (χ2n) is 13.1. The van der Waals surface area contributed by atoms with Crippen molar-refractivity contribution < 1.29 is 14.0 Å².